The third kappa shape index (κ3) is 2.13. The van der Waals surface area contributed by atoms with Crippen LogP contribution < -0.4 is 9.47 Å². The van der Waals surface area contributed by atoms with Crippen molar-refractivity contribution in [2.24, 2.45) is 0 Å². The third-order valence-corrected chi connectivity index (χ3v) is 3.03. The Kier molecular flexibility index (Phi) is 3.43. The van der Waals surface area contributed by atoms with E-state index in [4.69, 9.17) is 21.7 Å². The zero-order valence-electron chi connectivity index (χ0n) is 10.7. The molecule has 0 saturated heterocycles. The molecule has 0 saturated carbocycles. The van der Waals surface area contributed by atoms with E-state index in [0.29, 0.717) is 22.8 Å². The zero-order valence-corrected chi connectivity index (χ0v) is 11.6. The molecule has 18 heavy (non-hydrogen) atoms. The van der Waals surface area contributed by atoms with Gasteiger partial charge in [0.2, 0.25) is 0 Å². The number of hydrogen-bond donors (Lipinski definition) is 1. The van der Waals surface area contributed by atoms with Gasteiger partial charge in [-0.1, -0.05) is 12.2 Å². The second-order valence-corrected chi connectivity index (χ2v) is 4.58. The highest BCUT2D eigenvalue weighted by molar-refractivity contribution is 7.71. The van der Waals surface area contributed by atoms with E-state index in [9.17, 15) is 0 Å². The summed E-state index contributed by atoms with van der Waals surface area (Å²) in [6.45, 7) is 6.58. The second kappa shape index (κ2) is 4.86. The standard InChI is InChI=1S/C13H16N2O2S/c1-8(2)7-15-10-6-12(17-4)11(16-3)5-9(10)14-13(15)18/h5-6H,1,7H2,2-4H3,(H,14,18). The fraction of sp³-hybridized carbons (Fsp3) is 0.308. The highest BCUT2D eigenvalue weighted by Crippen LogP contribution is 2.32. The van der Waals surface area contributed by atoms with Gasteiger partial charge in [-0.15, -0.1) is 0 Å². The lowest BCUT2D eigenvalue weighted by Gasteiger charge is -2.09. The molecule has 1 aromatic heterocycles. The Morgan fingerprint density at radius 2 is 1.94 bits per heavy atom. The minimum Gasteiger partial charge on any atom is -0.493 e. The smallest absolute Gasteiger partial charge is 0.178 e. The average molecular weight is 264 g/mol. The van der Waals surface area contributed by atoms with E-state index in [0.717, 1.165) is 16.6 Å². The summed E-state index contributed by atoms with van der Waals surface area (Å²) in [5.74, 6) is 1.37. The molecule has 0 aliphatic carbocycles. The Labute approximate surface area is 111 Å². The molecule has 0 unspecified atom stereocenters. The number of ether oxygens (including phenoxy) is 2. The molecule has 5 heteroatoms. The summed E-state index contributed by atoms with van der Waals surface area (Å²) in [5, 5.41) is 0. The second-order valence-electron chi connectivity index (χ2n) is 4.20. The first-order valence-electron chi connectivity index (χ1n) is 5.55. The van der Waals surface area contributed by atoms with Crippen molar-refractivity contribution in [1.29, 1.82) is 0 Å². The normalized spacial score (nSPS) is 10.6. The van der Waals surface area contributed by atoms with Crippen molar-refractivity contribution < 1.29 is 9.47 Å². The van der Waals surface area contributed by atoms with Crippen LogP contribution in [0, 0.1) is 4.77 Å². The first-order valence-corrected chi connectivity index (χ1v) is 5.96. The molecular weight excluding hydrogens is 248 g/mol. The van der Waals surface area contributed by atoms with Crippen molar-refractivity contribution in [3.05, 3.63) is 29.1 Å². The zero-order chi connectivity index (χ0) is 13.3. The number of imidazole rings is 1. The van der Waals surface area contributed by atoms with Crippen LogP contribution in [0.3, 0.4) is 0 Å². The molecule has 1 heterocycles. The summed E-state index contributed by atoms with van der Waals surface area (Å²) >= 11 is 5.32. The molecule has 0 radical (unpaired) electrons. The van der Waals surface area contributed by atoms with Gasteiger partial charge in [0.1, 0.15) is 0 Å². The maximum Gasteiger partial charge on any atom is 0.178 e. The predicted octanol–water partition coefficient (Wildman–Crippen LogP) is 3.29. The lowest BCUT2D eigenvalue weighted by molar-refractivity contribution is 0.355. The molecule has 2 rings (SSSR count). The maximum absolute atomic E-state index is 5.32. The van der Waals surface area contributed by atoms with Crippen molar-refractivity contribution >= 4 is 23.3 Å². The molecule has 2 aromatic rings. The van der Waals surface area contributed by atoms with E-state index in [1.54, 1.807) is 14.2 Å². The summed E-state index contributed by atoms with van der Waals surface area (Å²) in [5.41, 5.74) is 2.96. The molecule has 4 nitrogen and oxygen atoms in total. The Hall–Kier alpha value is -1.75. The van der Waals surface area contributed by atoms with Gasteiger partial charge < -0.3 is 19.0 Å². The number of hydrogen-bond acceptors (Lipinski definition) is 3. The highest BCUT2D eigenvalue weighted by atomic mass is 32.1. The van der Waals surface area contributed by atoms with Gasteiger partial charge in [0.05, 0.1) is 25.3 Å². The van der Waals surface area contributed by atoms with Crippen LogP contribution in [0.5, 0.6) is 11.5 Å². The Morgan fingerprint density at radius 1 is 1.33 bits per heavy atom. The number of allylic oxidation sites excluding steroid dienone is 1. The van der Waals surface area contributed by atoms with Crippen LogP contribution in [-0.4, -0.2) is 23.8 Å². The fourth-order valence-corrected chi connectivity index (χ4v) is 2.18. The number of rotatable bonds is 4. The van der Waals surface area contributed by atoms with Gasteiger partial charge in [-0.3, -0.25) is 0 Å². The monoisotopic (exact) mass is 264 g/mol. The summed E-state index contributed by atoms with van der Waals surface area (Å²) in [6, 6.07) is 3.81. The van der Waals surface area contributed by atoms with Crippen LogP contribution in [0.25, 0.3) is 11.0 Å². The van der Waals surface area contributed by atoms with Crippen LogP contribution in [0.2, 0.25) is 0 Å². The fourth-order valence-electron chi connectivity index (χ4n) is 1.91. The Morgan fingerprint density at radius 3 is 2.50 bits per heavy atom. The van der Waals surface area contributed by atoms with Crippen LogP contribution in [0.15, 0.2) is 24.3 Å². The number of benzene rings is 1. The number of H-pyrrole nitrogens is 1. The highest BCUT2D eigenvalue weighted by Gasteiger charge is 2.11. The maximum atomic E-state index is 5.32. The van der Waals surface area contributed by atoms with Gasteiger partial charge in [-0.2, -0.15) is 0 Å². The molecule has 0 fully saturated rings. The van der Waals surface area contributed by atoms with Gasteiger partial charge in [0, 0.05) is 18.7 Å². The molecule has 0 spiro atoms. The summed E-state index contributed by atoms with van der Waals surface area (Å²) < 4.78 is 13.2. The van der Waals surface area contributed by atoms with E-state index in [1.807, 2.05) is 23.6 Å². The third-order valence-electron chi connectivity index (χ3n) is 2.71. The topological polar surface area (TPSA) is 39.2 Å². The van der Waals surface area contributed by atoms with Crippen molar-refractivity contribution in [1.82, 2.24) is 9.55 Å². The molecule has 0 aliphatic rings. The Balaban J connectivity index is 2.70. The average Bonchev–Trinajstić information content (AvgIpc) is 2.63. The van der Waals surface area contributed by atoms with Crippen LogP contribution in [0.1, 0.15) is 6.92 Å². The van der Waals surface area contributed by atoms with E-state index in [-0.39, 0.29) is 0 Å². The minimum absolute atomic E-state index is 0.670. The first-order chi connectivity index (χ1) is 8.56. The first kappa shape index (κ1) is 12.7. The molecule has 0 aliphatic heterocycles. The van der Waals surface area contributed by atoms with Crippen LogP contribution in [0.4, 0.5) is 0 Å². The molecule has 0 atom stereocenters. The van der Waals surface area contributed by atoms with Crippen LogP contribution in [-0.2, 0) is 6.54 Å². The van der Waals surface area contributed by atoms with E-state index < -0.39 is 0 Å². The molecule has 96 valence electrons. The SMILES string of the molecule is C=C(C)Cn1c(=S)[nH]c2cc(OC)c(OC)cc21. The van der Waals surface area contributed by atoms with Crippen LogP contribution >= 0.6 is 12.2 Å². The van der Waals surface area contributed by atoms with Gasteiger partial charge in [-0.25, -0.2) is 0 Å². The molecule has 1 N–H and O–H groups in total. The quantitative estimate of drug-likeness (QED) is 0.680. The Bertz CT molecular complexity index is 655. The van der Waals surface area contributed by atoms with Crippen molar-refractivity contribution in [3.8, 4) is 11.5 Å². The minimum atomic E-state index is 0.670. The van der Waals surface area contributed by atoms with Gasteiger partial charge in [-0.05, 0) is 19.1 Å². The number of fused-ring (bicyclic) bond motifs is 1. The number of methoxy groups -OCH3 is 2. The lowest BCUT2D eigenvalue weighted by atomic mass is 10.2. The van der Waals surface area contributed by atoms with E-state index in [2.05, 4.69) is 11.6 Å². The number of aromatic nitrogens is 2. The largest absolute Gasteiger partial charge is 0.493 e. The molecular formula is C13H16N2O2S. The van der Waals surface area contributed by atoms with Gasteiger partial charge in [0.15, 0.2) is 16.3 Å². The van der Waals surface area contributed by atoms with Gasteiger partial charge >= 0.3 is 0 Å². The van der Waals surface area contributed by atoms with Crippen molar-refractivity contribution in [3.63, 3.8) is 0 Å². The van der Waals surface area contributed by atoms with E-state index >= 15 is 0 Å². The number of nitrogens with zero attached hydrogens (tertiary/aromatic N) is 1. The van der Waals surface area contributed by atoms with Crippen molar-refractivity contribution in [2.45, 2.75) is 13.5 Å². The predicted molar refractivity (Wildman–Crippen MR) is 75.0 cm³/mol. The number of aromatic amines is 1. The number of nitrogens with one attached hydrogen (secondary N) is 1. The van der Waals surface area contributed by atoms with Gasteiger partial charge in [0.25, 0.3) is 0 Å². The van der Waals surface area contributed by atoms with Crippen molar-refractivity contribution in [2.75, 3.05) is 14.2 Å². The molecule has 0 bridgehead atoms. The lowest BCUT2D eigenvalue weighted by Crippen LogP contribution is -1.99. The summed E-state index contributed by atoms with van der Waals surface area (Å²) in [7, 11) is 3.23. The van der Waals surface area contributed by atoms with E-state index in [1.165, 1.54) is 0 Å². The molecule has 0 amide bonds. The summed E-state index contributed by atoms with van der Waals surface area (Å²) in [4.78, 5) is 3.16. The molecule has 1 aromatic carbocycles. The summed E-state index contributed by atoms with van der Waals surface area (Å²) in [6.07, 6.45) is 0.